The number of allylic oxidation sites excluding steroid dienone is 1. The third kappa shape index (κ3) is 4.54. The average Bonchev–Trinajstić information content (AvgIpc) is 2.50. The molecule has 3 N–H and O–H groups in total. The predicted octanol–water partition coefficient (Wildman–Crippen LogP) is 3.34. The Hall–Kier alpha value is -1.52. The number of nitrogens with one attached hydrogen (secondary N) is 1. The van der Waals surface area contributed by atoms with E-state index < -0.39 is 0 Å². The molecule has 0 amide bonds. The molecular weight excluding hydrogens is 252 g/mol. The van der Waals surface area contributed by atoms with Crippen molar-refractivity contribution < 1.29 is 9.47 Å². The van der Waals surface area contributed by atoms with Gasteiger partial charge in [0.1, 0.15) is 0 Å². The van der Waals surface area contributed by atoms with E-state index in [1.807, 2.05) is 24.3 Å². The lowest BCUT2D eigenvalue weighted by molar-refractivity contribution is 0.344. The Morgan fingerprint density at radius 3 is 2.65 bits per heavy atom. The third-order valence-corrected chi connectivity index (χ3v) is 3.41. The normalized spacial score (nSPS) is 11.9. The second kappa shape index (κ2) is 9.39. The monoisotopic (exact) mass is 278 g/mol. The van der Waals surface area contributed by atoms with E-state index in [2.05, 4.69) is 12.0 Å². The van der Waals surface area contributed by atoms with Crippen LogP contribution in [0.2, 0.25) is 0 Å². The molecule has 0 aliphatic heterocycles. The zero-order valence-electron chi connectivity index (χ0n) is 12.5. The average molecular weight is 278 g/mol. The lowest BCUT2D eigenvalue weighted by Gasteiger charge is -2.20. The van der Waals surface area contributed by atoms with Gasteiger partial charge >= 0.3 is 0 Å². The summed E-state index contributed by atoms with van der Waals surface area (Å²) in [7, 11) is 3.29. The van der Waals surface area contributed by atoms with Gasteiger partial charge in [-0.1, -0.05) is 31.1 Å². The van der Waals surface area contributed by atoms with Crippen LogP contribution >= 0.6 is 0 Å². The summed E-state index contributed by atoms with van der Waals surface area (Å²) in [6.07, 6.45) is 7.47. The van der Waals surface area contributed by atoms with Crippen LogP contribution in [0.1, 0.15) is 43.7 Å². The summed E-state index contributed by atoms with van der Waals surface area (Å²) < 4.78 is 10.8. The zero-order valence-corrected chi connectivity index (χ0v) is 12.5. The fourth-order valence-corrected chi connectivity index (χ4v) is 2.33. The summed E-state index contributed by atoms with van der Waals surface area (Å²) in [5.74, 6) is 7.19. The van der Waals surface area contributed by atoms with Crippen molar-refractivity contribution in [3.05, 3.63) is 36.4 Å². The molecule has 4 nitrogen and oxygen atoms in total. The first-order valence-corrected chi connectivity index (χ1v) is 7.06. The van der Waals surface area contributed by atoms with Crippen molar-refractivity contribution in [2.75, 3.05) is 14.2 Å². The maximum Gasteiger partial charge on any atom is 0.165 e. The third-order valence-electron chi connectivity index (χ3n) is 3.41. The minimum atomic E-state index is 0.0729. The molecule has 112 valence electrons. The van der Waals surface area contributed by atoms with Crippen molar-refractivity contribution in [2.24, 2.45) is 5.84 Å². The highest BCUT2D eigenvalue weighted by atomic mass is 16.5. The van der Waals surface area contributed by atoms with Crippen molar-refractivity contribution in [3.63, 3.8) is 0 Å². The highest BCUT2D eigenvalue weighted by molar-refractivity contribution is 5.48. The molecule has 1 rings (SSSR count). The van der Waals surface area contributed by atoms with Crippen LogP contribution < -0.4 is 20.7 Å². The van der Waals surface area contributed by atoms with Crippen LogP contribution in [-0.2, 0) is 0 Å². The molecule has 1 aromatic carbocycles. The lowest BCUT2D eigenvalue weighted by atomic mass is 9.99. The van der Waals surface area contributed by atoms with E-state index in [0.29, 0.717) is 0 Å². The van der Waals surface area contributed by atoms with Gasteiger partial charge in [0.2, 0.25) is 0 Å². The Balaban J connectivity index is 2.71. The molecule has 1 aromatic rings. The van der Waals surface area contributed by atoms with Crippen LogP contribution in [0.15, 0.2) is 30.9 Å². The summed E-state index contributed by atoms with van der Waals surface area (Å²) in [5.41, 5.74) is 3.92. The van der Waals surface area contributed by atoms with Gasteiger partial charge in [0.05, 0.1) is 14.2 Å². The first kappa shape index (κ1) is 16.5. The Morgan fingerprint density at radius 2 is 2.05 bits per heavy atom. The SMILES string of the molecule is C=CCCCCCC(NN)c1cccc(OC)c1OC. The van der Waals surface area contributed by atoms with Crippen molar-refractivity contribution in [2.45, 2.75) is 38.1 Å². The molecule has 0 aliphatic carbocycles. The van der Waals surface area contributed by atoms with Crippen molar-refractivity contribution in [3.8, 4) is 11.5 Å². The van der Waals surface area contributed by atoms with Gasteiger partial charge in [0, 0.05) is 11.6 Å². The summed E-state index contributed by atoms with van der Waals surface area (Å²) in [4.78, 5) is 0. The van der Waals surface area contributed by atoms with Gasteiger partial charge in [-0.25, -0.2) is 0 Å². The second-order valence-corrected chi connectivity index (χ2v) is 4.73. The molecule has 0 heterocycles. The Morgan fingerprint density at radius 1 is 1.25 bits per heavy atom. The van der Waals surface area contributed by atoms with E-state index in [0.717, 1.165) is 36.3 Å². The number of nitrogens with two attached hydrogens (primary N) is 1. The van der Waals surface area contributed by atoms with E-state index in [9.17, 15) is 0 Å². The summed E-state index contributed by atoms with van der Waals surface area (Å²) in [6.45, 7) is 3.74. The molecule has 1 atom stereocenters. The minimum Gasteiger partial charge on any atom is -0.493 e. The maximum atomic E-state index is 5.70. The van der Waals surface area contributed by atoms with Crippen LogP contribution in [0.3, 0.4) is 0 Å². The number of unbranched alkanes of at least 4 members (excludes halogenated alkanes) is 3. The van der Waals surface area contributed by atoms with Gasteiger partial charge in [-0.15, -0.1) is 6.58 Å². The smallest absolute Gasteiger partial charge is 0.165 e. The van der Waals surface area contributed by atoms with E-state index in [4.69, 9.17) is 15.3 Å². The van der Waals surface area contributed by atoms with E-state index in [-0.39, 0.29) is 6.04 Å². The lowest BCUT2D eigenvalue weighted by Crippen LogP contribution is -2.28. The first-order valence-electron chi connectivity index (χ1n) is 7.06. The number of benzene rings is 1. The molecule has 0 fully saturated rings. The van der Waals surface area contributed by atoms with E-state index >= 15 is 0 Å². The molecule has 0 radical (unpaired) electrons. The number of para-hydroxylation sites is 1. The van der Waals surface area contributed by atoms with Gasteiger partial charge in [-0.05, 0) is 25.3 Å². The number of ether oxygens (including phenoxy) is 2. The fraction of sp³-hybridized carbons (Fsp3) is 0.500. The summed E-state index contributed by atoms with van der Waals surface area (Å²) in [6, 6.07) is 5.94. The van der Waals surface area contributed by atoms with Crippen molar-refractivity contribution >= 4 is 0 Å². The molecule has 0 saturated carbocycles. The van der Waals surface area contributed by atoms with Crippen LogP contribution in [0.4, 0.5) is 0 Å². The largest absolute Gasteiger partial charge is 0.493 e. The van der Waals surface area contributed by atoms with Gasteiger partial charge in [-0.3, -0.25) is 11.3 Å². The molecule has 1 unspecified atom stereocenters. The number of hydrogen-bond donors (Lipinski definition) is 2. The predicted molar refractivity (Wildman–Crippen MR) is 82.9 cm³/mol. The van der Waals surface area contributed by atoms with Crippen LogP contribution in [0.5, 0.6) is 11.5 Å². The van der Waals surface area contributed by atoms with Gasteiger partial charge in [0.15, 0.2) is 11.5 Å². The summed E-state index contributed by atoms with van der Waals surface area (Å²) in [5, 5.41) is 0. The number of hydrazine groups is 1. The molecule has 0 bridgehead atoms. The topological polar surface area (TPSA) is 56.5 Å². The highest BCUT2D eigenvalue weighted by Crippen LogP contribution is 2.36. The zero-order chi connectivity index (χ0) is 14.8. The molecule has 0 saturated heterocycles. The maximum absolute atomic E-state index is 5.70. The van der Waals surface area contributed by atoms with Gasteiger partial charge in [0.25, 0.3) is 0 Å². The number of hydrogen-bond acceptors (Lipinski definition) is 4. The Bertz CT molecular complexity index is 407. The molecule has 4 heteroatoms. The molecule has 0 aromatic heterocycles. The van der Waals surface area contributed by atoms with Crippen molar-refractivity contribution in [1.29, 1.82) is 0 Å². The van der Waals surface area contributed by atoms with Gasteiger partial charge < -0.3 is 9.47 Å². The van der Waals surface area contributed by atoms with Crippen LogP contribution in [0.25, 0.3) is 0 Å². The first-order chi connectivity index (χ1) is 9.78. The van der Waals surface area contributed by atoms with Crippen LogP contribution in [0, 0.1) is 0 Å². The van der Waals surface area contributed by atoms with E-state index in [1.54, 1.807) is 14.2 Å². The Labute approximate surface area is 121 Å². The minimum absolute atomic E-state index is 0.0729. The number of methoxy groups -OCH3 is 2. The highest BCUT2D eigenvalue weighted by Gasteiger charge is 2.17. The second-order valence-electron chi connectivity index (χ2n) is 4.73. The fourth-order valence-electron chi connectivity index (χ4n) is 2.33. The molecular formula is C16H26N2O2. The Kier molecular flexibility index (Phi) is 7.77. The summed E-state index contributed by atoms with van der Waals surface area (Å²) >= 11 is 0. The molecule has 0 spiro atoms. The number of rotatable bonds is 10. The van der Waals surface area contributed by atoms with Crippen LogP contribution in [-0.4, -0.2) is 14.2 Å². The quantitative estimate of drug-likeness (QED) is 0.298. The van der Waals surface area contributed by atoms with Gasteiger partial charge in [-0.2, -0.15) is 0 Å². The van der Waals surface area contributed by atoms with Crippen molar-refractivity contribution in [1.82, 2.24) is 5.43 Å². The molecule has 20 heavy (non-hydrogen) atoms. The molecule has 0 aliphatic rings. The van der Waals surface area contributed by atoms with E-state index in [1.165, 1.54) is 12.8 Å². The standard InChI is InChI=1S/C16H26N2O2/c1-4-5-6-7-8-11-14(18-17)13-10-9-12-15(19-2)16(13)20-3/h4,9-10,12,14,18H,1,5-8,11,17H2,2-3H3.